The van der Waals surface area contributed by atoms with Crippen LogP contribution in [0.2, 0.25) is 0 Å². The molecule has 0 aromatic heterocycles. The Morgan fingerprint density at radius 3 is 2.57 bits per heavy atom. The first kappa shape index (κ1) is 19.9. The highest BCUT2D eigenvalue weighted by Gasteiger charge is 2.39. The van der Waals surface area contributed by atoms with Gasteiger partial charge in [0.1, 0.15) is 5.82 Å². The number of nitrogens with zero attached hydrogens (tertiary/aromatic N) is 1. The maximum Gasteiger partial charge on any atom is 0.321 e. The smallest absolute Gasteiger partial charge is 0.321 e. The molecule has 1 aliphatic rings. The molecule has 2 aromatic rings. The van der Waals surface area contributed by atoms with E-state index in [4.69, 9.17) is 0 Å². The first-order chi connectivity index (χ1) is 13.4. The van der Waals surface area contributed by atoms with Gasteiger partial charge in [0.15, 0.2) is 0 Å². The summed E-state index contributed by atoms with van der Waals surface area (Å²) in [7, 11) is 0. The van der Waals surface area contributed by atoms with Crippen molar-refractivity contribution in [3.63, 3.8) is 0 Å². The third-order valence-corrected chi connectivity index (χ3v) is 5.28. The molecule has 0 aliphatic carbocycles. The zero-order valence-electron chi connectivity index (χ0n) is 16.3. The SMILES string of the molecule is Cc1ccccc1NC(=O)N1CCC[C@@](C)(C(=O)NCc2ccc(F)cc2)C1. The number of carbonyl (C=O) groups excluding carboxylic acids is 2. The average molecular weight is 383 g/mol. The van der Waals surface area contributed by atoms with Crippen LogP contribution < -0.4 is 10.6 Å². The third-order valence-electron chi connectivity index (χ3n) is 5.28. The maximum atomic E-state index is 13.0. The summed E-state index contributed by atoms with van der Waals surface area (Å²) in [5.41, 5.74) is 1.96. The van der Waals surface area contributed by atoms with Gasteiger partial charge < -0.3 is 15.5 Å². The van der Waals surface area contributed by atoms with Crippen molar-refractivity contribution in [3.8, 4) is 0 Å². The topological polar surface area (TPSA) is 61.4 Å². The molecule has 1 saturated heterocycles. The van der Waals surface area contributed by atoms with Crippen molar-refractivity contribution in [2.24, 2.45) is 5.41 Å². The van der Waals surface area contributed by atoms with Crippen LogP contribution in [0.5, 0.6) is 0 Å². The number of anilines is 1. The highest BCUT2D eigenvalue weighted by Crippen LogP contribution is 2.30. The lowest BCUT2D eigenvalue weighted by atomic mass is 9.81. The zero-order valence-corrected chi connectivity index (χ0v) is 16.3. The van der Waals surface area contributed by atoms with Crippen LogP contribution in [0.1, 0.15) is 30.9 Å². The van der Waals surface area contributed by atoms with Gasteiger partial charge in [-0.25, -0.2) is 9.18 Å². The Balaban J connectivity index is 1.60. The van der Waals surface area contributed by atoms with Crippen molar-refractivity contribution in [2.45, 2.75) is 33.2 Å². The van der Waals surface area contributed by atoms with Gasteiger partial charge in [0.25, 0.3) is 0 Å². The van der Waals surface area contributed by atoms with E-state index in [2.05, 4.69) is 10.6 Å². The van der Waals surface area contributed by atoms with E-state index in [1.54, 1.807) is 17.0 Å². The van der Waals surface area contributed by atoms with E-state index >= 15 is 0 Å². The van der Waals surface area contributed by atoms with Gasteiger partial charge in [-0.2, -0.15) is 0 Å². The molecule has 148 valence electrons. The minimum Gasteiger partial charge on any atom is -0.351 e. The fraction of sp³-hybridized carbons (Fsp3) is 0.364. The zero-order chi connectivity index (χ0) is 20.1. The summed E-state index contributed by atoms with van der Waals surface area (Å²) in [5.74, 6) is -0.394. The number of likely N-dealkylation sites (tertiary alicyclic amines) is 1. The van der Waals surface area contributed by atoms with Gasteiger partial charge in [0, 0.05) is 25.3 Å². The monoisotopic (exact) mass is 383 g/mol. The first-order valence-electron chi connectivity index (χ1n) is 9.52. The fourth-order valence-electron chi connectivity index (χ4n) is 3.50. The van der Waals surface area contributed by atoms with Crippen molar-refractivity contribution in [2.75, 3.05) is 18.4 Å². The van der Waals surface area contributed by atoms with Crippen LogP contribution in [0.25, 0.3) is 0 Å². The second-order valence-electron chi connectivity index (χ2n) is 7.64. The number of rotatable bonds is 4. The van der Waals surface area contributed by atoms with E-state index in [9.17, 15) is 14.0 Å². The van der Waals surface area contributed by atoms with Crippen LogP contribution in [0.3, 0.4) is 0 Å². The highest BCUT2D eigenvalue weighted by molar-refractivity contribution is 5.91. The van der Waals surface area contributed by atoms with Crippen molar-refractivity contribution in [3.05, 3.63) is 65.5 Å². The minimum absolute atomic E-state index is 0.0924. The summed E-state index contributed by atoms with van der Waals surface area (Å²) in [5, 5.41) is 5.87. The number of amides is 3. The predicted molar refractivity (Wildman–Crippen MR) is 107 cm³/mol. The van der Waals surface area contributed by atoms with Crippen molar-refractivity contribution >= 4 is 17.6 Å². The number of nitrogens with one attached hydrogen (secondary N) is 2. The summed E-state index contributed by atoms with van der Waals surface area (Å²) in [6.45, 7) is 5.15. The molecule has 3 rings (SSSR count). The van der Waals surface area contributed by atoms with Crippen molar-refractivity contribution in [1.82, 2.24) is 10.2 Å². The second-order valence-corrected chi connectivity index (χ2v) is 7.64. The molecular formula is C22H26FN3O2. The summed E-state index contributed by atoms with van der Waals surface area (Å²) in [6.07, 6.45) is 1.48. The number of hydrogen-bond acceptors (Lipinski definition) is 2. The van der Waals surface area contributed by atoms with E-state index in [0.717, 1.165) is 29.7 Å². The molecule has 1 aliphatic heterocycles. The predicted octanol–water partition coefficient (Wildman–Crippen LogP) is 4.08. The van der Waals surface area contributed by atoms with Crippen molar-refractivity contribution < 1.29 is 14.0 Å². The average Bonchev–Trinajstić information content (AvgIpc) is 2.69. The standard InChI is InChI=1S/C22H26FN3O2/c1-16-6-3-4-7-19(16)25-21(28)26-13-5-12-22(2,15-26)20(27)24-14-17-8-10-18(23)11-9-17/h3-4,6-11H,5,12-15H2,1-2H3,(H,24,27)(H,25,28)/t22-/m1/s1. The van der Waals surface area contributed by atoms with E-state index in [1.807, 2.05) is 38.1 Å². The Bertz CT molecular complexity index is 853. The molecule has 0 unspecified atom stereocenters. The quantitative estimate of drug-likeness (QED) is 0.836. The Kier molecular flexibility index (Phi) is 5.97. The lowest BCUT2D eigenvalue weighted by molar-refractivity contribution is -0.132. The summed E-state index contributed by atoms with van der Waals surface area (Å²) in [4.78, 5) is 27.2. The van der Waals surface area contributed by atoms with Gasteiger partial charge in [-0.3, -0.25) is 4.79 Å². The Labute approximate surface area is 164 Å². The lowest BCUT2D eigenvalue weighted by Gasteiger charge is -2.39. The second kappa shape index (κ2) is 8.42. The van der Waals surface area contributed by atoms with Gasteiger partial charge in [-0.15, -0.1) is 0 Å². The number of para-hydroxylation sites is 1. The van der Waals surface area contributed by atoms with Crippen molar-refractivity contribution in [1.29, 1.82) is 0 Å². The van der Waals surface area contributed by atoms with E-state index in [0.29, 0.717) is 19.6 Å². The largest absolute Gasteiger partial charge is 0.351 e. The minimum atomic E-state index is -0.651. The summed E-state index contributed by atoms with van der Waals surface area (Å²) in [6, 6.07) is 13.5. The van der Waals surface area contributed by atoms with Gasteiger partial charge in [-0.1, -0.05) is 30.3 Å². The van der Waals surface area contributed by atoms with Crippen LogP contribution in [0.15, 0.2) is 48.5 Å². The molecule has 0 saturated carbocycles. The molecule has 5 nitrogen and oxygen atoms in total. The van der Waals surface area contributed by atoms with E-state index in [1.165, 1.54) is 12.1 Å². The third kappa shape index (κ3) is 4.68. The molecular weight excluding hydrogens is 357 g/mol. The number of halogens is 1. The van der Waals surface area contributed by atoms with Crippen LogP contribution in [-0.4, -0.2) is 29.9 Å². The number of carbonyl (C=O) groups is 2. The molecule has 1 atom stereocenters. The number of aryl methyl sites for hydroxylation is 1. The highest BCUT2D eigenvalue weighted by atomic mass is 19.1. The Morgan fingerprint density at radius 2 is 1.86 bits per heavy atom. The van der Waals surface area contributed by atoms with Gasteiger partial charge in [0.05, 0.1) is 5.41 Å². The molecule has 28 heavy (non-hydrogen) atoms. The number of benzene rings is 2. The molecule has 0 bridgehead atoms. The van der Waals surface area contributed by atoms with Gasteiger partial charge >= 0.3 is 6.03 Å². The Hall–Kier alpha value is -2.89. The molecule has 0 radical (unpaired) electrons. The van der Waals surface area contributed by atoms with Crippen LogP contribution >= 0.6 is 0 Å². The molecule has 1 heterocycles. The van der Waals surface area contributed by atoms with E-state index < -0.39 is 5.41 Å². The van der Waals surface area contributed by atoms with Crippen LogP contribution in [0, 0.1) is 18.2 Å². The van der Waals surface area contributed by atoms with E-state index in [-0.39, 0.29) is 17.8 Å². The molecule has 2 N–H and O–H groups in total. The maximum absolute atomic E-state index is 13.0. The fourth-order valence-corrected chi connectivity index (χ4v) is 3.50. The van der Waals surface area contributed by atoms with Crippen LogP contribution in [-0.2, 0) is 11.3 Å². The number of piperidine rings is 1. The van der Waals surface area contributed by atoms with Gasteiger partial charge in [0.2, 0.25) is 5.91 Å². The summed E-state index contributed by atoms with van der Waals surface area (Å²) < 4.78 is 13.0. The molecule has 2 aromatic carbocycles. The number of hydrogen-bond donors (Lipinski definition) is 2. The molecule has 6 heteroatoms. The summed E-state index contributed by atoms with van der Waals surface area (Å²) >= 11 is 0. The lowest BCUT2D eigenvalue weighted by Crippen LogP contribution is -2.52. The normalized spacial score (nSPS) is 19.2. The van der Waals surface area contributed by atoms with Gasteiger partial charge in [-0.05, 0) is 56.0 Å². The number of urea groups is 1. The molecule has 0 spiro atoms. The first-order valence-corrected chi connectivity index (χ1v) is 9.52. The van der Waals surface area contributed by atoms with Crippen LogP contribution in [0.4, 0.5) is 14.9 Å². The molecule has 1 fully saturated rings. The Morgan fingerprint density at radius 1 is 1.14 bits per heavy atom. The molecule has 3 amide bonds.